The monoisotopic (exact) mass is 352 g/mol. The molecule has 7 heteroatoms. The zero-order chi connectivity index (χ0) is 17.7. The Kier molecular flexibility index (Phi) is 6.04. The molecule has 0 saturated heterocycles. The molecule has 1 aromatic carbocycles. The molecule has 0 aliphatic carbocycles. The van der Waals surface area contributed by atoms with Crippen molar-refractivity contribution in [3.63, 3.8) is 0 Å². The van der Waals surface area contributed by atoms with Crippen LogP contribution in [0.4, 0.5) is 0 Å². The summed E-state index contributed by atoms with van der Waals surface area (Å²) in [7, 11) is 1.51. The molecule has 0 saturated carbocycles. The van der Waals surface area contributed by atoms with Gasteiger partial charge in [0.2, 0.25) is 10.0 Å². The van der Waals surface area contributed by atoms with Gasteiger partial charge in [0.05, 0.1) is 19.4 Å². The van der Waals surface area contributed by atoms with E-state index in [1.54, 1.807) is 24.5 Å². The number of methoxy groups -OCH3 is 1. The van der Waals surface area contributed by atoms with Crippen LogP contribution in [-0.4, -0.2) is 41.1 Å². The van der Waals surface area contributed by atoms with E-state index in [9.17, 15) is 8.42 Å². The average Bonchev–Trinajstić information content (AvgIpc) is 3.08. The van der Waals surface area contributed by atoms with Crippen molar-refractivity contribution >= 4 is 10.0 Å². The Morgan fingerprint density at radius 3 is 2.58 bits per heavy atom. The third-order valence-corrected chi connectivity index (χ3v) is 5.33. The summed E-state index contributed by atoms with van der Waals surface area (Å²) >= 11 is 0. The maximum atomic E-state index is 12.7. The van der Waals surface area contributed by atoms with E-state index in [-0.39, 0.29) is 17.5 Å². The van der Waals surface area contributed by atoms with Gasteiger partial charge in [0.15, 0.2) is 0 Å². The van der Waals surface area contributed by atoms with E-state index in [1.165, 1.54) is 7.11 Å². The van der Waals surface area contributed by atoms with Crippen LogP contribution >= 0.6 is 0 Å². The SMILES string of the molecule is CCc1ccc(OC)c(S(=O)(=O)NCC(c2ccco2)N(C)C)c1. The highest BCUT2D eigenvalue weighted by molar-refractivity contribution is 7.89. The number of sulfonamides is 1. The molecule has 0 aliphatic rings. The third-order valence-electron chi connectivity index (χ3n) is 3.89. The number of hydrogen-bond donors (Lipinski definition) is 1. The van der Waals surface area contributed by atoms with Gasteiger partial charge in [-0.3, -0.25) is 4.90 Å². The van der Waals surface area contributed by atoms with Gasteiger partial charge >= 0.3 is 0 Å². The number of aryl methyl sites for hydroxylation is 1. The quantitative estimate of drug-likeness (QED) is 0.790. The van der Waals surface area contributed by atoms with Crippen LogP contribution in [-0.2, 0) is 16.4 Å². The van der Waals surface area contributed by atoms with Crippen LogP contribution in [0.2, 0.25) is 0 Å². The zero-order valence-corrected chi connectivity index (χ0v) is 15.3. The number of benzene rings is 1. The highest BCUT2D eigenvalue weighted by atomic mass is 32.2. The fourth-order valence-electron chi connectivity index (χ4n) is 2.44. The Balaban J connectivity index is 2.25. The van der Waals surface area contributed by atoms with Gasteiger partial charge in [-0.2, -0.15) is 0 Å². The highest BCUT2D eigenvalue weighted by Crippen LogP contribution is 2.26. The fraction of sp³-hybridized carbons (Fsp3) is 0.412. The van der Waals surface area contributed by atoms with Crippen molar-refractivity contribution in [2.24, 2.45) is 0 Å². The van der Waals surface area contributed by atoms with Crippen LogP contribution in [0.25, 0.3) is 0 Å². The molecule has 0 fully saturated rings. The minimum atomic E-state index is -3.70. The van der Waals surface area contributed by atoms with Gasteiger partial charge in [-0.05, 0) is 50.3 Å². The lowest BCUT2D eigenvalue weighted by Gasteiger charge is -2.23. The molecule has 2 rings (SSSR count). The van der Waals surface area contributed by atoms with Crippen LogP contribution in [0.1, 0.15) is 24.3 Å². The van der Waals surface area contributed by atoms with Crippen molar-refractivity contribution < 1.29 is 17.6 Å². The topological polar surface area (TPSA) is 71.8 Å². The minimum Gasteiger partial charge on any atom is -0.495 e. The van der Waals surface area contributed by atoms with Crippen molar-refractivity contribution in [3.05, 3.63) is 47.9 Å². The first kappa shape index (κ1) is 18.5. The Hall–Kier alpha value is -1.83. The van der Waals surface area contributed by atoms with Gasteiger partial charge < -0.3 is 9.15 Å². The number of hydrogen-bond acceptors (Lipinski definition) is 5. The van der Waals surface area contributed by atoms with Crippen molar-refractivity contribution in [1.29, 1.82) is 0 Å². The average molecular weight is 352 g/mol. The summed E-state index contributed by atoms with van der Waals surface area (Å²) < 4.78 is 38.8. The lowest BCUT2D eigenvalue weighted by Crippen LogP contribution is -2.34. The smallest absolute Gasteiger partial charge is 0.244 e. The second kappa shape index (κ2) is 7.83. The van der Waals surface area contributed by atoms with Crippen molar-refractivity contribution in [2.75, 3.05) is 27.7 Å². The summed E-state index contributed by atoms with van der Waals surface area (Å²) in [6, 6.07) is 8.62. The number of rotatable bonds is 8. The van der Waals surface area contributed by atoms with Gasteiger partial charge in [0.1, 0.15) is 16.4 Å². The molecule has 24 heavy (non-hydrogen) atoms. The van der Waals surface area contributed by atoms with Gasteiger partial charge in [0.25, 0.3) is 0 Å². The molecule has 1 N–H and O–H groups in total. The molecule has 1 aromatic heterocycles. The van der Waals surface area contributed by atoms with E-state index in [0.29, 0.717) is 11.5 Å². The largest absolute Gasteiger partial charge is 0.495 e. The molecule has 0 spiro atoms. The maximum Gasteiger partial charge on any atom is 0.244 e. The molecule has 1 atom stereocenters. The molecular weight excluding hydrogens is 328 g/mol. The van der Waals surface area contributed by atoms with E-state index < -0.39 is 10.0 Å². The van der Waals surface area contributed by atoms with E-state index in [1.807, 2.05) is 38.1 Å². The Morgan fingerprint density at radius 1 is 1.29 bits per heavy atom. The standard InChI is InChI=1S/C17H24N2O4S/c1-5-13-8-9-16(22-4)17(11-13)24(20,21)18-12-14(19(2)3)15-7-6-10-23-15/h6-11,14,18H,5,12H2,1-4H3. The van der Waals surface area contributed by atoms with Crippen LogP contribution in [0.3, 0.4) is 0 Å². The number of nitrogens with zero attached hydrogens (tertiary/aromatic N) is 1. The Bertz CT molecular complexity index is 755. The van der Waals surface area contributed by atoms with E-state index in [0.717, 1.165) is 12.0 Å². The van der Waals surface area contributed by atoms with E-state index in [4.69, 9.17) is 9.15 Å². The molecule has 1 unspecified atom stereocenters. The summed E-state index contributed by atoms with van der Waals surface area (Å²) in [4.78, 5) is 2.06. The lowest BCUT2D eigenvalue weighted by atomic mass is 10.2. The van der Waals surface area contributed by atoms with E-state index in [2.05, 4.69) is 4.72 Å². The summed E-state index contributed by atoms with van der Waals surface area (Å²) in [5.41, 5.74) is 0.936. The molecule has 0 aliphatic heterocycles. The lowest BCUT2D eigenvalue weighted by molar-refractivity contribution is 0.259. The van der Waals surface area contributed by atoms with Crippen LogP contribution in [0.5, 0.6) is 5.75 Å². The van der Waals surface area contributed by atoms with Crippen LogP contribution < -0.4 is 9.46 Å². The molecule has 0 amide bonds. The Morgan fingerprint density at radius 2 is 2.04 bits per heavy atom. The summed E-state index contributed by atoms with van der Waals surface area (Å²) in [5.74, 6) is 1.04. The highest BCUT2D eigenvalue weighted by Gasteiger charge is 2.24. The second-order valence-corrected chi connectivity index (χ2v) is 7.42. The molecule has 2 aromatic rings. The van der Waals surface area contributed by atoms with Crippen molar-refractivity contribution in [2.45, 2.75) is 24.3 Å². The normalized spacial score (nSPS) is 13.2. The van der Waals surface area contributed by atoms with Gasteiger partial charge in [-0.1, -0.05) is 13.0 Å². The number of furan rings is 1. The van der Waals surface area contributed by atoms with E-state index >= 15 is 0 Å². The first-order chi connectivity index (χ1) is 11.4. The molecule has 132 valence electrons. The number of ether oxygens (including phenoxy) is 1. The first-order valence-electron chi connectivity index (χ1n) is 7.75. The predicted molar refractivity (Wildman–Crippen MR) is 92.7 cm³/mol. The number of likely N-dealkylation sites (N-methyl/N-ethyl adjacent to an activating group) is 1. The summed E-state index contributed by atoms with van der Waals surface area (Å²) in [5, 5.41) is 0. The Labute approximate surface area is 143 Å². The van der Waals surface area contributed by atoms with Gasteiger partial charge in [0, 0.05) is 6.54 Å². The van der Waals surface area contributed by atoms with Crippen LogP contribution in [0.15, 0.2) is 45.9 Å². The second-order valence-electron chi connectivity index (χ2n) is 5.69. The zero-order valence-electron chi connectivity index (χ0n) is 14.4. The first-order valence-corrected chi connectivity index (χ1v) is 9.23. The molecular formula is C17H24N2O4S. The van der Waals surface area contributed by atoms with Crippen molar-refractivity contribution in [1.82, 2.24) is 9.62 Å². The summed E-state index contributed by atoms with van der Waals surface area (Å²) in [6.45, 7) is 2.17. The molecule has 6 nitrogen and oxygen atoms in total. The molecule has 0 radical (unpaired) electrons. The summed E-state index contributed by atoms with van der Waals surface area (Å²) in [6.07, 6.45) is 2.33. The number of nitrogens with one attached hydrogen (secondary N) is 1. The maximum absolute atomic E-state index is 12.7. The fourth-order valence-corrected chi connectivity index (χ4v) is 3.69. The molecule has 0 bridgehead atoms. The van der Waals surface area contributed by atoms with Crippen molar-refractivity contribution in [3.8, 4) is 5.75 Å². The molecule has 1 heterocycles. The van der Waals surface area contributed by atoms with Crippen LogP contribution in [0, 0.1) is 0 Å². The third kappa shape index (κ3) is 4.17. The predicted octanol–water partition coefficient (Wildman–Crippen LogP) is 2.43. The van der Waals surface area contributed by atoms with Gasteiger partial charge in [-0.25, -0.2) is 13.1 Å². The van der Waals surface area contributed by atoms with Gasteiger partial charge in [-0.15, -0.1) is 0 Å². The minimum absolute atomic E-state index is 0.154.